The highest BCUT2D eigenvalue weighted by atomic mass is 16.5. The normalized spacial score (nSPS) is 25.0. The number of aliphatic hydroxyl groups is 1. The van der Waals surface area contributed by atoms with E-state index in [1.165, 1.54) is 6.42 Å². The fourth-order valence-electron chi connectivity index (χ4n) is 3.91. The second-order valence-corrected chi connectivity index (χ2v) is 7.06. The molecule has 0 saturated heterocycles. The fourth-order valence-corrected chi connectivity index (χ4v) is 3.91. The van der Waals surface area contributed by atoms with Gasteiger partial charge in [0.05, 0.1) is 12.7 Å². The van der Waals surface area contributed by atoms with Gasteiger partial charge >= 0.3 is 0 Å². The van der Waals surface area contributed by atoms with Gasteiger partial charge in [0, 0.05) is 12.5 Å². The second kappa shape index (κ2) is 6.50. The number of methoxy groups -OCH3 is 1. The third-order valence-electron chi connectivity index (χ3n) is 5.17. The average Bonchev–Trinajstić information content (AvgIpc) is 2.55. The van der Waals surface area contributed by atoms with Gasteiger partial charge in [-0.05, 0) is 61.5 Å². The highest BCUT2D eigenvalue weighted by Crippen LogP contribution is 2.42. The molecule has 0 amide bonds. The van der Waals surface area contributed by atoms with E-state index in [4.69, 9.17) is 4.74 Å². The summed E-state index contributed by atoms with van der Waals surface area (Å²) < 4.78 is 5.29. The summed E-state index contributed by atoms with van der Waals surface area (Å²) in [5.41, 5.74) is 0.345. The molecule has 2 atom stereocenters. The van der Waals surface area contributed by atoms with Gasteiger partial charge in [-0.2, -0.15) is 0 Å². The number of hydrogen-bond donors (Lipinski definition) is 1. The minimum absolute atomic E-state index is 0.293. The molecule has 2 aromatic rings. The van der Waals surface area contributed by atoms with Crippen LogP contribution in [0.3, 0.4) is 0 Å². The van der Waals surface area contributed by atoms with Gasteiger partial charge in [0.1, 0.15) is 5.75 Å². The van der Waals surface area contributed by atoms with Gasteiger partial charge in [0.15, 0.2) is 0 Å². The smallest absolute Gasteiger partial charge is 0.119 e. The Balaban J connectivity index is 1.99. The van der Waals surface area contributed by atoms with Crippen molar-refractivity contribution in [1.82, 2.24) is 4.90 Å². The van der Waals surface area contributed by atoms with Crippen molar-refractivity contribution in [2.75, 3.05) is 27.7 Å². The molecule has 1 N–H and O–H groups in total. The van der Waals surface area contributed by atoms with Gasteiger partial charge in [-0.1, -0.05) is 31.0 Å². The molecule has 2 aromatic carbocycles. The van der Waals surface area contributed by atoms with Crippen LogP contribution in [0.4, 0.5) is 0 Å². The summed E-state index contributed by atoms with van der Waals surface area (Å²) >= 11 is 0. The summed E-state index contributed by atoms with van der Waals surface area (Å²) in [6.07, 6.45) is 4.26. The maximum atomic E-state index is 11.5. The van der Waals surface area contributed by atoms with Crippen LogP contribution in [0.5, 0.6) is 5.75 Å². The van der Waals surface area contributed by atoms with Crippen molar-refractivity contribution in [1.29, 1.82) is 0 Å². The van der Waals surface area contributed by atoms with E-state index >= 15 is 0 Å². The highest BCUT2D eigenvalue weighted by molar-refractivity contribution is 5.84. The van der Waals surface area contributed by atoms with Crippen molar-refractivity contribution in [2.24, 2.45) is 5.92 Å². The predicted molar refractivity (Wildman–Crippen MR) is 94.9 cm³/mol. The van der Waals surface area contributed by atoms with Crippen LogP contribution in [0.2, 0.25) is 0 Å². The minimum Gasteiger partial charge on any atom is -0.497 e. The van der Waals surface area contributed by atoms with Crippen LogP contribution in [0.25, 0.3) is 10.8 Å². The van der Waals surface area contributed by atoms with Crippen LogP contribution < -0.4 is 4.74 Å². The highest BCUT2D eigenvalue weighted by Gasteiger charge is 2.40. The Hall–Kier alpha value is -1.58. The molecule has 0 bridgehead atoms. The molecule has 1 aliphatic rings. The summed E-state index contributed by atoms with van der Waals surface area (Å²) in [6.45, 7) is 0.928. The Morgan fingerprint density at radius 2 is 1.87 bits per heavy atom. The molecule has 1 fully saturated rings. The van der Waals surface area contributed by atoms with Crippen LogP contribution >= 0.6 is 0 Å². The lowest BCUT2D eigenvalue weighted by Crippen LogP contribution is -2.43. The number of nitrogens with zero attached hydrogens (tertiary/aromatic N) is 1. The van der Waals surface area contributed by atoms with E-state index in [0.717, 1.165) is 47.9 Å². The molecule has 0 aromatic heterocycles. The van der Waals surface area contributed by atoms with Crippen LogP contribution in [0, 0.1) is 5.92 Å². The molecule has 3 heteroatoms. The van der Waals surface area contributed by atoms with Crippen molar-refractivity contribution in [3.05, 3.63) is 42.0 Å². The van der Waals surface area contributed by atoms with Crippen molar-refractivity contribution < 1.29 is 9.84 Å². The van der Waals surface area contributed by atoms with Gasteiger partial charge in [-0.25, -0.2) is 0 Å². The van der Waals surface area contributed by atoms with E-state index in [2.05, 4.69) is 43.3 Å². The minimum atomic E-state index is -0.712. The van der Waals surface area contributed by atoms with Gasteiger partial charge < -0.3 is 14.7 Å². The number of benzene rings is 2. The first-order valence-electron chi connectivity index (χ1n) is 8.48. The first-order valence-corrected chi connectivity index (χ1v) is 8.48. The maximum Gasteiger partial charge on any atom is 0.119 e. The van der Waals surface area contributed by atoms with Crippen molar-refractivity contribution in [3.63, 3.8) is 0 Å². The molecule has 0 spiro atoms. The van der Waals surface area contributed by atoms with Crippen LogP contribution in [-0.2, 0) is 5.60 Å². The van der Waals surface area contributed by atoms with Crippen LogP contribution in [0.15, 0.2) is 36.4 Å². The molecular weight excluding hydrogens is 286 g/mol. The van der Waals surface area contributed by atoms with Crippen molar-refractivity contribution in [2.45, 2.75) is 31.3 Å². The Kier molecular flexibility index (Phi) is 4.60. The molecule has 1 aliphatic carbocycles. The number of rotatable bonds is 4. The molecular formula is C20H27NO2. The van der Waals surface area contributed by atoms with Crippen LogP contribution in [-0.4, -0.2) is 37.8 Å². The fraction of sp³-hybridized carbons (Fsp3) is 0.500. The molecule has 1 saturated carbocycles. The molecule has 0 radical (unpaired) electrons. The summed E-state index contributed by atoms with van der Waals surface area (Å²) in [5, 5.41) is 13.8. The number of fused-ring (bicyclic) bond motifs is 1. The monoisotopic (exact) mass is 313 g/mol. The van der Waals surface area contributed by atoms with Crippen LogP contribution in [0.1, 0.15) is 31.2 Å². The zero-order valence-electron chi connectivity index (χ0n) is 14.4. The Labute approximate surface area is 138 Å². The van der Waals surface area contributed by atoms with E-state index in [9.17, 15) is 5.11 Å². The third-order valence-corrected chi connectivity index (χ3v) is 5.17. The van der Waals surface area contributed by atoms with Gasteiger partial charge in [0.2, 0.25) is 0 Å². The molecule has 23 heavy (non-hydrogen) atoms. The van der Waals surface area contributed by atoms with E-state index < -0.39 is 5.60 Å². The van der Waals surface area contributed by atoms with E-state index in [1.807, 2.05) is 12.1 Å². The Morgan fingerprint density at radius 3 is 2.61 bits per heavy atom. The molecule has 0 aliphatic heterocycles. The first-order chi connectivity index (χ1) is 11.0. The lowest BCUT2D eigenvalue weighted by molar-refractivity contribution is -0.0617. The molecule has 0 heterocycles. The van der Waals surface area contributed by atoms with E-state index in [0.29, 0.717) is 5.92 Å². The summed E-state index contributed by atoms with van der Waals surface area (Å²) in [4.78, 5) is 2.19. The Morgan fingerprint density at radius 1 is 1.13 bits per heavy atom. The van der Waals surface area contributed by atoms with Gasteiger partial charge in [0.25, 0.3) is 0 Å². The average molecular weight is 313 g/mol. The summed E-state index contributed by atoms with van der Waals surface area (Å²) in [7, 11) is 5.86. The molecule has 3 rings (SSSR count). The van der Waals surface area contributed by atoms with E-state index in [1.54, 1.807) is 7.11 Å². The molecule has 124 valence electrons. The SMILES string of the molecule is COc1ccc2cc(C3(O)CCCCC3CN(C)C)ccc2c1. The third kappa shape index (κ3) is 3.22. The van der Waals surface area contributed by atoms with Gasteiger partial charge in [-0.15, -0.1) is 0 Å². The topological polar surface area (TPSA) is 32.7 Å². The lowest BCUT2D eigenvalue weighted by Gasteiger charge is -2.42. The Bertz CT molecular complexity index is 682. The molecule has 2 unspecified atom stereocenters. The zero-order chi connectivity index (χ0) is 16.4. The predicted octanol–water partition coefficient (Wildman–Crippen LogP) is 3.79. The largest absolute Gasteiger partial charge is 0.497 e. The zero-order valence-corrected chi connectivity index (χ0v) is 14.4. The summed E-state index contributed by atoms with van der Waals surface area (Å²) in [6, 6.07) is 12.4. The maximum absolute atomic E-state index is 11.5. The van der Waals surface area contributed by atoms with Crippen molar-refractivity contribution >= 4 is 10.8 Å². The lowest BCUT2D eigenvalue weighted by atomic mass is 9.71. The summed E-state index contributed by atoms with van der Waals surface area (Å²) in [5.74, 6) is 1.16. The number of ether oxygens (including phenoxy) is 1. The van der Waals surface area contributed by atoms with Crippen molar-refractivity contribution in [3.8, 4) is 5.75 Å². The standard InChI is InChI=1S/C20H27NO2/c1-21(2)14-18-6-4-5-11-20(18,22)17-9-7-16-13-19(23-3)10-8-15(16)12-17/h7-10,12-13,18,22H,4-6,11,14H2,1-3H3. The molecule has 3 nitrogen and oxygen atoms in total. The number of hydrogen-bond acceptors (Lipinski definition) is 3. The quantitative estimate of drug-likeness (QED) is 0.932. The first kappa shape index (κ1) is 16.3. The second-order valence-electron chi connectivity index (χ2n) is 7.06. The van der Waals surface area contributed by atoms with Gasteiger partial charge in [-0.3, -0.25) is 0 Å². The van der Waals surface area contributed by atoms with E-state index in [-0.39, 0.29) is 0 Å².